The summed E-state index contributed by atoms with van der Waals surface area (Å²) in [5, 5.41) is 2.86. The Balaban J connectivity index is 1.90. The molecule has 0 aliphatic carbocycles. The molecule has 0 atom stereocenters. The lowest BCUT2D eigenvalue weighted by Crippen LogP contribution is -2.46. The number of carbonyl (C=O) groups is 1. The summed E-state index contributed by atoms with van der Waals surface area (Å²) in [4.78, 5) is 30.4. The minimum Gasteiger partial charge on any atom is -0.367 e. The molecular formula is C19H20ClF3N4O2. The van der Waals surface area contributed by atoms with Crippen molar-refractivity contribution in [2.24, 2.45) is 0 Å². The van der Waals surface area contributed by atoms with Gasteiger partial charge in [0.25, 0.3) is 5.91 Å². The van der Waals surface area contributed by atoms with Crippen LogP contribution >= 0.6 is 11.6 Å². The average molecular weight is 429 g/mol. The van der Waals surface area contributed by atoms with Crippen molar-refractivity contribution in [2.45, 2.75) is 13.1 Å². The van der Waals surface area contributed by atoms with Crippen molar-refractivity contribution < 1.29 is 18.0 Å². The van der Waals surface area contributed by atoms with Crippen molar-refractivity contribution in [2.75, 3.05) is 42.9 Å². The molecule has 0 radical (unpaired) electrons. The summed E-state index contributed by atoms with van der Waals surface area (Å²) in [7, 11) is 0. The lowest BCUT2D eigenvalue weighted by molar-refractivity contribution is -0.138. The summed E-state index contributed by atoms with van der Waals surface area (Å²) in [6.45, 7) is 6.11. The Morgan fingerprint density at radius 3 is 2.52 bits per heavy atom. The number of hydrogen-bond acceptors (Lipinski definition) is 4. The van der Waals surface area contributed by atoms with Gasteiger partial charge in [-0.25, -0.2) is 0 Å². The van der Waals surface area contributed by atoms with Gasteiger partial charge in [-0.1, -0.05) is 18.5 Å². The van der Waals surface area contributed by atoms with Crippen LogP contribution in [0.1, 0.15) is 22.8 Å². The number of aromatic amines is 1. The maximum absolute atomic E-state index is 13.3. The molecule has 0 unspecified atom stereocenters. The number of likely N-dealkylation sites (N-methyl/N-ethyl adjacent to an activating group) is 1. The fourth-order valence-corrected chi connectivity index (χ4v) is 3.44. The van der Waals surface area contributed by atoms with Crippen molar-refractivity contribution in [1.29, 1.82) is 0 Å². The van der Waals surface area contributed by atoms with Crippen molar-refractivity contribution in [3.05, 3.63) is 57.0 Å². The number of hydrogen-bond donors (Lipinski definition) is 2. The highest BCUT2D eigenvalue weighted by Crippen LogP contribution is 2.33. The molecule has 0 spiro atoms. The highest BCUT2D eigenvalue weighted by atomic mass is 35.5. The highest BCUT2D eigenvalue weighted by molar-refractivity contribution is 6.31. The van der Waals surface area contributed by atoms with E-state index in [-0.39, 0.29) is 0 Å². The first-order valence-corrected chi connectivity index (χ1v) is 9.45. The van der Waals surface area contributed by atoms with Gasteiger partial charge in [0.05, 0.1) is 22.5 Å². The Morgan fingerprint density at radius 1 is 1.21 bits per heavy atom. The molecule has 10 heteroatoms. The van der Waals surface area contributed by atoms with Gasteiger partial charge in [-0.3, -0.25) is 9.59 Å². The van der Waals surface area contributed by atoms with Crippen molar-refractivity contribution in [3.8, 4) is 0 Å². The maximum Gasteiger partial charge on any atom is 0.417 e. The third-order valence-electron chi connectivity index (χ3n) is 4.84. The Labute approximate surface area is 170 Å². The van der Waals surface area contributed by atoms with E-state index in [1.54, 1.807) is 12.1 Å². The molecule has 1 saturated heterocycles. The largest absolute Gasteiger partial charge is 0.417 e. The number of aromatic nitrogens is 1. The molecule has 156 valence electrons. The first-order chi connectivity index (χ1) is 13.7. The number of alkyl halides is 3. The number of piperazine rings is 1. The van der Waals surface area contributed by atoms with Crippen molar-refractivity contribution >= 4 is 28.9 Å². The van der Waals surface area contributed by atoms with Crippen molar-refractivity contribution in [3.63, 3.8) is 0 Å². The predicted molar refractivity (Wildman–Crippen MR) is 106 cm³/mol. The molecule has 3 rings (SSSR count). The van der Waals surface area contributed by atoms with Gasteiger partial charge < -0.3 is 20.1 Å². The minimum absolute atomic E-state index is 0.312. The lowest BCUT2D eigenvalue weighted by Gasteiger charge is -2.36. The summed E-state index contributed by atoms with van der Waals surface area (Å²) < 4.78 is 39.8. The topological polar surface area (TPSA) is 68.4 Å². The number of halogens is 4. The summed E-state index contributed by atoms with van der Waals surface area (Å²) in [6, 6.07) is 5.27. The number of benzene rings is 1. The molecule has 2 N–H and O–H groups in total. The third kappa shape index (κ3) is 4.91. The average Bonchev–Trinajstić information content (AvgIpc) is 2.67. The van der Waals surface area contributed by atoms with Gasteiger partial charge in [0.2, 0.25) is 5.56 Å². The molecular weight excluding hydrogens is 409 g/mol. The second kappa shape index (κ2) is 8.46. The normalized spacial score (nSPS) is 15.4. The Bertz CT molecular complexity index is 953. The fourth-order valence-electron chi connectivity index (χ4n) is 3.27. The van der Waals surface area contributed by atoms with E-state index in [2.05, 4.69) is 27.0 Å². The van der Waals surface area contributed by atoms with E-state index < -0.39 is 28.8 Å². The number of nitrogens with one attached hydrogen (secondary N) is 2. The molecule has 6 nitrogen and oxygen atoms in total. The smallest absolute Gasteiger partial charge is 0.367 e. The van der Waals surface area contributed by atoms with E-state index in [1.807, 2.05) is 0 Å². The summed E-state index contributed by atoms with van der Waals surface area (Å²) in [6.07, 6.45) is -4.07. The molecule has 2 aromatic rings. The summed E-state index contributed by atoms with van der Waals surface area (Å²) >= 11 is 6.05. The van der Waals surface area contributed by atoms with Gasteiger partial charge in [0, 0.05) is 43.5 Å². The molecule has 1 aromatic carbocycles. The number of amides is 1. The SMILES string of the molecule is CCN1CCN(c2ccc(Cl)cc2NC(=O)c2c[nH]c(=O)cc2C(F)(F)F)CC1. The predicted octanol–water partition coefficient (Wildman–Crippen LogP) is 3.44. The molecule has 0 saturated carbocycles. The van der Waals surface area contributed by atoms with Gasteiger partial charge in [-0.05, 0) is 24.7 Å². The van der Waals surface area contributed by atoms with Crippen LogP contribution in [0.2, 0.25) is 5.02 Å². The second-order valence-corrected chi connectivity index (χ2v) is 7.10. The van der Waals surface area contributed by atoms with Gasteiger partial charge >= 0.3 is 6.18 Å². The van der Waals surface area contributed by atoms with Crippen LogP contribution in [0.3, 0.4) is 0 Å². The molecule has 1 fully saturated rings. The molecule has 1 amide bonds. The Hall–Kier alpha value is -2.52. The van der Waals surface area contributed by atoms with E-state index in [4.69, 9.17) is 11.6 Å². The Kier molecular flexibility index (Phi) is 6.18. The molecule has 1 aliphatic heterocycles. The monoisotopic (exact) mass is 428 g/mol. The van der Waals surface area contributed by atoms with Crippen LogP contribution in [0.4, 0.5) is 24.5 Å². The van der Waals surface area contributed by atoms with E-state index in [1.165, 1.54) is 6.07 Å². The van der Waals surface area contributed by atoms with Crippen LogP contribution in [-0.4, -0.2) is 48.5 Å². The summed E-state index contributed by atoms with van der Waals surface area (Å²) in [5.41, 5.74) is -1.91. The van der Waals surface area contributed by atoms with Crippen LogP contribution in [0.15, 0.2) is 35.3 Å². The first kappa shape index (κ1) is 21.2. The second-order valence-electron chi connectivity index (χ2n) is 6.66. The number of pyridine rings is 1. The van der Waals surface area contributed by atoms with Gasteiger partial charge in [0.15, 0.2) is 0 Å². The third-order valence-corrected chi connectivity index (χ3v) is 5.08. The molecule has 1 aromatic heterocycles. The van der Waals surface area contributed by atoms with Crippen molar-refractivity contribution in [1.82, 2.24) is 9.88 Å². The van der Waals surface area contributed by atoms with E-state index >= 15 is 0 Å². The number of anilines is 2. The molecule has 29 heavy (non-hydrogen) atoms. The zero-order valence-electron chi connectivity index (χ0n) is 15.6. The standard InChI is InChI=1S/C19H20ClF3N4O2/c1-2-26-5-7-27(8-6-26)16-4-3-12(20)9-15(16)25-18(29)13-11-24-17(28)10-14(13)19(21,22)23/h3-4,9-11H,2,5-8H2,1H3,(H,24,28)(H,25,29). The number of carbonyl (C=O) groups excluding carboxylic acids is 1. The van der Waals surface area contributed by atoms with Crippen LogP contribution < -0.4 is 15.8 Å². The lowest BCUT2D eigenvalue weighted by atomic mass is 10.1. The Morgan fingerprint density at radius 2 is 1.90 bits per heavy atom. The summed E-state index contributed by atoms with van der Waals surface area (Å²) in [5.74, 6) is -0.982. The van der Waals surface area contributed by atoms with E-state index in [9.17, 15) is 22.8 Å². The van der Waals surface area contributed by atoms with Crippen LogP contribution in [0, 0.1) is 0 Å². The van der Waals surface area contributed by atoms with Gasteiger partial charge in [-0.2, -0.15) is 13.2 Å². The number of nitrogens with zero attached hydrogens (tertiary/aromatic N) is 2. The van der Waals surface area contributed by atoms with Gasteiger partial charge in [-0.15, -0.1) is 0 Å². The molecule has 0 bridgehead atoms. The number of H-pyrrole nitrogens is 1. The fraction of sp³-hybridized carbons (Fsp3) is 0.368. The zero-order chi connectivity index (χ0) is 21.2. The molecule has 1 aliphatic rings. The van der Waals surface area contributed by atoms with Gasteiger partial charge in [0.1, 0.15) is 0 Å². The van der Waals surface area contributed by atoms with Crippen LogP contribution in [0.25, 0.3) is 0 Å². The van der Waals surface area contributed by atoms with Crippen LogP contribution in [-0.2, 0) is 6.18 Å². The number of rotatable bonds is 4. The van der Waals surface area contributed by atoms with E-state index in [0.29, 0.717) is 35.6 Å². The first-order valence-electron chi connectivity index (χ1n) is 9.07. The van der Waals surface area contributed by atoms with E-state index in [0.717, 1.165) is 25.8 Å². The molecule has 2 heterocycles. The maximum atomic E-state index is 13.3. The zero-order valence-corrected chi connectivity index (χ0v) is 16.4. The quantitative estimate of drug-likeness (QED) is 0.782. The van der Waals surface area contributed by atoms with Crippen LogP contribution in [0.5, 0.6) is 0 Å². The minimum atomic E-state index is -4.84. The highest BCUT2D eigenvalue weighted by Gasteiger charge is 2.36.